The number of hydrogen-bond donors (Lipinski definition) is 0. The van der Waals surface area contributed by atoms with Crippen LogP contribution in [-0.2, 0) is 10.5 Å². The Labute approximate surface area is 163 Å². The predicted octanol–water partition coefficient (Wildman–Crippen LogP) is 4.98. The van der Waals surface area contributed by atoms with Crippen molar-refractivity contribution in [2.75, 3.05) is 18.8 Å². The van der Waals surface area contributed by atoms with Crippen molar-refractivity contribution >= 4 is 29.0 Å². The summed E-state index contributed by atoms with van der Waals surface area (Å²) in [6, 6.07) is 5.36. The molecule has 0 unspecified atom stereocenters. The molecule has 1 aliphatic rings. The fourth-order valence-corrected chi connectivity index (χ4v) is 4.37. The monoisotopic (exact) mass is 444 g/mol. The maximum atomic E-state index is 13.1. The van der Waals surface area contributed by atoms with Crippen LogP contribution in [0.3, 0.4) is 0 Å². The van der Waals surface area contributed by atoms with Crippen molar-refractivity contribution in [3.8, 4) is 10.6 Å². The number of likely N-dealkylation sites (tertiary alicyclic amines) is 1. The van der Waals surface area contributed by atoms with Crippen molar-refractivity contribution in [1.82, 2.24) is 10.1 Å². The van der Waals surface area contributed by atoms with E-state index < -0.39 is 43.2 Å². The first-order chi connectivity index (χ1) is 13.0. The lowest BCUT2D eigenvalue weighted by Gasteiger charge is -2.33. The number of thioether (sulfide) groups is 1. The van der Waals surface area contributed by atoms with E-state index in [0.717, 1.165) is 16.6 Å². The van der Waals surface area contributed by atoms with Gasteiger partial charge >= 0.3 is 12.4 Å². The molecule has 0 saturated carbocycles. The summed E-state index contributed by atoms with van der Waals surface area (Å²) in [6.45, 7) is -1.98. The van der Waals surface area contributed by atoms with Gasteiger partial charge in [-0.3, -0.25) is 4.79 Å². The highest BCUT2D eigenvalue weighted by molar-refractivity contribution is 7.99. The topological polar surface area (TPSA) is 46.3 Å². The number of halogens is 6. The normalized spacial score (nSPS) is 17.3. The van der Waals surface area contributed by atoms with E-state index in [0.29, 0.717) is 16.4 Å². The molecule has 1 fully saturated rings. The van der Waals surface area contributed by atoms with Gasteiger partial charge in [-0.2, -0.15) is 26.3 Å². The largest absolute Gasteiger partial charge is 0.404 e. The molecule has 0 bridgehead atoms. The van der Waals surface area contributed by atoms with E-state index in [1.807, 2.05) is 17.5 Å². The Balaban J connectivity index is 1.55. The standard InChI is InChI=1S/C16H14F6N2O2S2/c17-15(18,19)14(16(20,21)22)3-4-24(9-14)13(25)8-27-7-10-6-11(26-23-10)12-2-1-5-28-12/h1-2,5-6H,3-4,7-9H2. The van der Waals surface area contributed by atoms with Crippen LogP contribution >= 0.6 is 23.1 Å². The second-order valence-electron chi connectivity index (χ2n) is 6.30. The summed E-state index contributed by atoms with van der Waals surface area (Å²) in [5.41, 5.74) is -3.33. The summed E-state index contributed by atoms with van der Waals surface area (Å²) in [7, 11) is 0. The molecule has 2 aromatic rings. The highest BCUT2D eigenvalue weighted by Gasteiger charge is 2.72. The Hall–Kier alpha value is -1.69. The van der Waals surface area contributed by atoms with Gasteiger partial charge in [0.05, 0.1) is 16.3 Å². The van der Waals surface area contributed by atoms with Crippen molar-refractivity contribution in [1.29, 1.82) is 0 Å². The number of amides is 1. The molecule has 2 aromatic heterocycles. The fraction of sp³-hybridized carbons (Fsp3) is 0.500. The van der Waals surface area contributed by atoms with Crippen LogP contribution in [0.5, 0.6) is 0 Å². The SMILES string of the molecule is O=C(CSCc1cc(-c2cccs2)on1)N1CCC(C(F)(F)F)(C(F)(F)F)C1. The van der Waals surface area contributed by atoms with E-state index in [2.05, 4.69) is 5.16 Å². The number of carbonyl (C=O) groups is 1. The molecule has 28 heavy (non-hydrogen) atoms. The molecule has 1 saturated heterocycles. The molecule has 0 aliphatic carbocycles. The second kappa shape index (κ2) is 7.62. The Morgan fingerprint density at radius 3 is 2.57 bits per heavy atom. The Morgan fingerprint density at radius 2 is 2.00 bits per heavy atom. The third-order valence-electron chi connectivity index (χ3n) is 4.51. The lowest BCUT2D eigenvalue weighted by Crippen LogP contribution is -2.52. The van der Waals surface area contributed by atoms with Crippen molar-refractivity contribution in [2.24, 2.45) is 5.41 Å². The van der Waals surface area contributed by atoms with Gasteiger partial charge in [0.1, 0.15) is 0 Å². The molecule has 1 aliphatic heterocycles. The molecular weight excluding hydrogens is 430 g/mol. The summed E-state index contributed by atoms with van der Waals surface area (Å²) >= 11 is 2.51. The number of carbonyl (C=O) groups excluding carboxylic acids is 1. The molecule has 0 aromatic carbocycles. The molecule has 3 rings (SSSR count). The van der Waals surface area contributed by atoms with Crippen LogP contribution < -0.4 is 0 Å². The Morgan fingerprint density at radius 1 is 1.29 bits per heavy atom. The van der Waals surface area contributed by atoms with Gasteiger partial charge in [-0.25, -0.2) is 0 Å². The van der Waals surface area contributed by atoms with E-state index in [9.17, 15) is 31.1 Å². The quantitative estimate of drug-likeness (QED) is 0.611. The Bertz CT molecular complexity index is 802. The molecule has 0 radical (unpaired) electrons. The lowest BCUT2D eigenvalue weighted by atomic mass is 9.85. The predicted molar refractivity (Wildman–Crippen MR) is 91.7 cm³/mol. The molecule has 12 heteroatoms. The van der Waals surface area contributed by atoms with Crippen molar-refractivity contribution in [3.05, 3.63) is 29.3 Å². The maximum absolute atomic E-state index is 13.1. The second-order valence-corrected chi connectivity index (χ2v) is 8.23. The van der Waals surface area contributed by atoms with Crippen LogP contribution in [0.25, 0.3) is 10.6 Å². The molecule has 154 valence electrons. The van der Waals surface area contributed by atoms with E-state index in [1.54, 1.807) is 6.07 Å². The van der Waals surface area contributed by atoms with Crippen molar-refractivity contribution in [2.45, 2.75) is 24.5 Å². The van der Waals surface area contributed by atoms with Gasteiger partial charge in [-0.15, -0.1) is 23.1 Å². The van der Waals surface area contributed by atoms with Gasteiger partial charge in [0.15, 0.2) is 11.2 Å². The summed E-state index contributed by atoms with van der Waals surface area (Å²) in [4.78, 5) is 13.6. The number of hydrogen-bond acceptors (Lipinski definition) is 5. The fourth-order valence-electron chi connectivity index (χ4n) is 2.90. The van der Waals surface area contributed by atoms with E-state index in [4.69, 9.17) is 4.52 Å². The average Bonchev–Trinajstić information content (AvgIpc) is 3.32. The van der Waals surface area contributed by atoms with E-state index in [-0.39, 0.29) is 11.5 Å². The van der Waals surface area contributed by atoms with Crippen molar-refractivity contribution < 1.29 is 35.7 Å². The Kier molecular flexibility index (Phi) is 5.72. The zero-order chi connectivity index (χ0) is 20.6. The van der Waals surface area contributed by atoms with Crippen LogP contribution in [-0.4, -0.2) is 47.2 Å². The number of aromatic nitrogens is 1. The molecule has 4 nitrogen and oxygen atoms in total. The first kappa shape index (κ1) is 21.0. The maximum Gasteiger partial charge on any atom is 0.404 e. The molecule has 3 heterocycles. The van der Waals surface area contributed by atoms with Gasteiger partial charge in [0, 0.05) is 24.9 Å². The average molecular weight is 444 g/mol. The van der Waals surface area contributed by atoms with Gasteiger partial charge in [0.25, 0.3) is 0 Å². The molecular formula is C16H14F6N2O2S2. The minimum Gasteiger partial charge on any atom is -0.355 e. The van der Waals surface area contributed by atoms with Crippen LogP contribution in [0.1, 0.15) is 12.1 Å². The number of nitrogens with zero attached hydrogens (tertiary/aromatic N) is 2. The third-order valence-corrected chi connectivity index (χ3v) is 6.34. The molecule has 0 spiro atoms. The van der Waals surface area contributed by atoms with Crippen LogP contribution in [0.4, 0.5) is 26.3 Å². The minimum absolute atomic E-state index is 0.243. The number of alkyl halides is 6. The minimum atomic E-state index is -5.47. The van der Waals surface area contributed by atoms with Crippen LogP contribution in [0, 0.1) is 5.41 Å². The molecule has 0 atom stereocenters. The van der Waals surface area contributed by atoms with Gasteiger partial charge in [-0.05, 0) is 17.9 Å². The zero-order valence-electron chi connectivity index (χ0n) is 14.1. The molecule has 0 N–H and O–H groups in total. The van der Waals surface area contributed by atoms with E-state index in [1.165, 1.54) is 11.3 Å². The first-order valence-corrected chi connectivity index (χ1v) is 10.1. The summed E-state index contributed by atoms with van der Waals surface area (Å²) in [6.07, 6.45) is -12.1. The number of rotatable bonds is 5. The highest BCUT2D eigenvalue weighted by atomic mass is 32.2. The van der Waals surface area contributed by atoms with Gasteiger partial charge < -0.3 is 9.42 Å². The summed E-state index contributed by atoms with van der Waals surface area (Å²) in [5.74, 6) is -0.204. The third kappa shape index (κ3) is 4.02. The van der Waals surface area contributed by atoms with Crippen LogP contribution in [0.2, 0.25) is 0 Å². The molecule has 1 amide bonds. The number of thiophene rings is 1. The van der Waals surface area contributed by atoms with Gasteiger partial charge in [0.2, 0.25) is 5.91 Å². The zero-order valence-corrected chi connectivity index (χ0v) is 15.8. The lowest BCUT2D eigenvalue weighted by molar-refractivity contribution is -0.334. The summed E-state index contributed by atoms with van der Waals surface area (Å²) < 4.78 is 83.5. The van der Waals surface area contributed by atoms with Gasteiger partial charge in [-0.1, -0.05) is 11.2 Å². The smallest absolute Gasteiger partial charge is 0.355 e. The summed E-state index contributed by atoms with van der Waals surface area (Å²) in [5, 5.41) is 5.71. The van der Waals surface area contributed by atoms with Crippen LogP contribution in [0.15, 0.2) is 28.1 Å². The van der Waals surface area contributed by atoms with Crippen molar-refractivity contribution in [3.63, 3.8) is 0 Å². The van der Waals surface area contributed by atoms with E-state index >= 15 is 0 Å². The highest BCUT2D eigenvalue weighted by Crippen LogP contribution is 2.55. The first-order valence-electron chi connectivity index (χ1n) is 8.02.